The largest absolute Gasteiger partial charge is 0.478 e. The summed E-state index contributed by atoms with van der Waals surface area (Å²) in [6.07, 6.45) is 3.20. The van der Waals surface area contributed by atoms with Crippen molar-refractivity contribution in [1.82, 2.24) is 5.32 Å². The topological polar surface area (TPSA) is 114 Å². The van der Waals surface area contributed by atoms with Crippen LogP contribution in [0.2, 0.25) is 0 Å². The molecule has 1 aliphatic heterocycles. The number of amidine groups is 1. The van der Waals surface area contributed by atoms with E-state index in [0.717, 1.165) is 0 Å². The summed E-state index contributed by atoms with van der Waals surface area (Å²) in [5, 5.41) is 11.7. The molecule has 0 aromatic heterocycles. The zero-order valence-electron chi connectivity index (χ0n) is 8.92. The smallest absolute Gasteiger partial charge is 0.335 e. The van der Waals surface area contributed by atoms with Crippen molar-refractivity contribution in [3.05, 3.63) is 47.7 Å². The molecule has 1 unspecified atom stereocenters. The lowest BCUT2D eigenvalue weighted by Crippen LogP contribution is -2.49. The van der Waals surface area contributed by atoms with Crippen LogP contribution in [0.5, 0.6) is 0 Å². The van der Waals surface area contributed by atoms with E-state index < -0.39 is 11.8 Å². The molecule has 0 radical (unpaired) electrons. The van der Waals surface area contributed by atoms with Crippen LogP contribution in [-0.4, -0.2) is 16.9 Å². The van der Waals surface area contributed by atoms with Crippen LogP contribution in [0.25, 0.3) is 0 Å². The summed E-state index contributed by atoms with van der Waals surface area (Å²) >= 11 is 0. The molecule has 1 atom stereocenters. The number of aliphatic imine (C=N–C) groups is 1. The normalized spacial score (nSPS) is 22.8. The molecule has 0 saturated carbocycles. The van der Waals surface area contributed by atoms with E-state index in [2.05, 4.69) is 10.3 Å². The maximum atomic E-state index is 10.7. The van der Waals surface area contributed by atoms with E-state index in [1.807, 2.05) is 0 Å². The van der Waals surface area contributed by atoms with Crippen LogP contribution >= 0.6 is 0 Å². The molecule has 2 rings (SSSR count). The molecular formula is C11H12N4O2. The molecule has 0 spiro atoms. The SMILES string of the molecule is NC1=NC(N)(c2ccc(C(=O)O)cc2)NC=C1. The average Bonchev–Trinajstić information content (AvgIpc) is 2.29. The number of hydrogen-bond acceptors (Lipinski definition) is 5. The molecule has 0 fully saturated rings. The molecule has 0 amide bonds. The average molecular weight is 232 g/mol. The number of benzene rings is 1. The summed E-state index contributed by atoms with van der Waals surface area (Å²) < 4.78 is 0. The van der Waals surface area contributed by atoms with Crippen LogP contribution in [0, 0.1) is 0 Å². The summed E-state index contributed by atoms with van der Waals surface area (Å²) in [5.74, 6) is -1.81. The molecule has 1 aromatic carbocycles. The maximum Gasteiger partial charge on any atom is 0.335 e. The van der Waals surface area contributed by atoms with Gasteiger partial charge >= 0.3 is 5.97 Å². The van der Waals surface area contributed by atoms with Gasteiger partial charge in [-0.3, -0.25) is 5.73 Å². The molecule has 1 heterocycles. The molecule has 17 heavy (non-hydrogen) atoms. The van der Waals surface area contributed by atoms with E-state index >= 15 is 0 Å². The Kier molecular flexibility index (Phi) is 2.57. The first-order chi connectivity index (χ1) is 8.01. The fourth-order valence-electron chi connectivity index (χ4n) is 1.54. The molecule has 6 nitrogen and oxygen atoms in total. The summed E-state index contributed by atoms with van der Waals surface area (Å²) in [6.45, 7) is 0. The minimum atomic E-state index is -1.14. The van der Waals surface area contributed by atoms with Crippen molar-refractivity contribution in [1.29, 1.82) is 0 Å². The van der Waals surface area contributed by atoms with Crippen LogP contribution in [0.1, 0.15) is 15.9 Å². The Hall–Kier alpha value is -2.34. The number of nitrogens with one attached hydrogen (secondary N) is 1. The predicted molar refractivity (Wildman–Crippen MR) is 63.2 cm³/mol. The Labute approximate surface area is 97.6 Å². The lowest BCUT2D eigenvalue weighted by Gasteiger charge is -2.28. The highest BCUT2D eigenvalue weighted by molar-refractivity contribution is 5.92. The van der Waals surface area contributed by atoms with Gasteiger partial charge in [-0.15, -0.1) is 0 Å². The Balaban J connectivity index is 2.34. The van der Waals surface area contributed by atoms with Gasteiger partial charge in [0.25, 0.3) is 0 Å². The van der Waals surface area contributed by atoms with Crippen LogP contribution in [-0.2, 0) is 5.79 Å². The molecule has 1 aliphatic rings. The zero-order chi connectivity index (χ0) is 12.5. The molecule has 0 bridgehead atoms. The lowest BCUT2D eigenvalue weighted by molar-refractivity contribution is 0.0697. The summed E-state index contributed by atoms with van der Waals surface area (Å²) in [6, 6.07) is 6.15. The molecule has 6 N–H and O–H groups in total. The Morgan fingerprint density at radius 1 is 1.35 bits per heavy atom. The van der Waals surface area contributed by atoms with E-state index in [4.69, 9.17) is 16.6 Å². The second kappa shape index (κ2) is 3.91. The zero-order valence-corrected chi connectivity index (χ0v) is 8.92. The van der Waals surface area contributed by atoms with Gasteiger partial charge in [0, 0.05) is 11.8 Å². The van der Waals surface area contributed by atoms with Gasteiger partial charge in [0.15, 0.2) is 0 Å². The van der Waals surface area contributed by atoms with Gasteiger partial charge in [-0.2, -0.15) is 0 Å². The fraction of sp³-hybridized carbons (Fsp3) is 0.0909. The number of rotatable bonds is 2. The number of carboxylic acids is 1. The number of nitrogens with zero attached hydrogens (tertiary/aromatic N) is 1. The molecule has 0 aliphatic carbocycles. The first-order valence-corrected chi connectivity index (χ1v) is 4.93. The number of carbonyl (C=O) groups is 1. The van der Waals surface area contributed by atoms with Crippen LogP contribution in [0.4, 0.5) is 0 Å². The van der Waals surface area contributed by atoms with Crippen molar-refractivity contribution in [2.45, 2.75) is 5.79 Å². The van der Waals surface area contributed by atoms with E-state index in [1.165, 1.54) is 12.1 Å². The second-order valence-electron chi connectivity index (χ2n) is 3.66. The lowest BCUT2D eigenvalue weighted by atomic mass is 10.1. The molecule has 88 valence electrons. The van der Waals surface area contributed by atoms with E-state index in [0.29, 0.717) is 11.4 Å². The third-order valence-electron chi connectivity index (χ3n) is 2.43. The van der Waals surface area contributed by atoms with Crippen molar-refractivity contribution in [3.8, 4) is 0 Å². The van der Waals surface area contributed by atoms with Crippen molar-refractivity contribution in [3.63, 3.8) is 0 Å². The van der Waals surface area contributed by atoms with Crippen molar-refractivity contribution in [2.75, 3.05) is 0 Å². The van der Waals surface area contributed by atoms with E-state index in [9.17, 15) is 4.79 Å². The quantitative estimate of drug-likeness (QED) is 0.570. The minimum Gasteiger partial charge on any atom is -0.478 e. The van der Waals surface area contributed by atoms with Crippen molar-refractivity contribution < 1.29 is 9.90 Å². The first kappa shape index (κ1) is 11.2. The monoisotopic (exact) mass is 232 g/mol. The third kappa shape index (κ3) is 2.11. The number of nitrogens with two attached hydrogens (primary N) is 2. The Morgan fingerprint density at radius 3 is 2.53 bits per heavy atom. The van der Waals surface area contributed by atoms with Gasteiger partial charge in [0.05, 0.1) is 5.56 Å². The number of carboxylic acid groups (broad SMARTS) is 1. The van der Waals surface area contributed by atoms with Crippen molar-refractivity contribution >= 4 is 11.8 Å². The predicted octanol–water partition coefficient (Wildman–Crippen LogP) is -0.0721. The molecular weight excluding hydrogens is 220 g/mol. The van der Waals surface area contributed by atoms with Gasteiger partial charge in [-0.25, -0.2) is 9.79 Å². The third-order valence-corrected chi connectivity index (χ3v) is 2.43. The standard InChI is InChI=1S/C11H12N4O2/c12-9-5-6-14-11(13,15-9)8-3-1-7(2-4-8)10(16)17/h1-6,14H,13H2,(H2,12,15)(H,16,17). The van der Waals surface area contributed by atoms with Crippen LogP contribution in [0.15, 0.2) is 41.5 Å². The fourth-order valence-corrected chi connectivity index (χ4v) is 1.54. The highest BCUT2D eigenvalue weighted by Gasteiger charge is 2.27. The highest BCUT2D eigenvalue weighted by atomic mass is 16.4. The second-order valence-corrected chi connectivity index (χ2v) is 3.66. The van der Waals surface area contributed by atoms with E-state index in [1.54, 1.807) is 24.4 Å². The molecule has 6 heteroatoms. The van der Waals surface area contributed by atoms with Gasteiger partial charge in [-0.1, -0.05) is 12.1 Å². The highest BCUT2D eigenvalue weighted by Crippen LogP contribution is 2.19. The first-order valence-electron chi connectivity index (χ1n) is 4.93. The Morgan fingerprint density at radius 2 is 2.00 bits per heavy atom. The van der Waals surface area contributed by atoms with Gasteiger partial charge in [0.1, 0.15) is 5.84 Å². The van der Waals surface area contributed by atoms with Crippen molar-refractivity contribution in [2.24, 2.45) is 16.5 Å². The van der Waals surface area contributed by atoms with Crippen LogP contribution in [0.3, 0.4) is 0 Å². The summed E-state index contributed by atoms with van der Waals surface area (Å²) in [4.78, 5) is 14.8. The van der Waals surface area contributed by atoms with Gasteiger partial charge in [0.2, 0.25) is 5.79 Å². The number of hydrogen-bond donors (Lipinski definition) is 4. The minimum absolute atomic E-state index is 0.195. The maximum absolute atomic E-state index is 10.7. The van der Waals surface area contributed by atoms with Gasteiger partial charge in [-0.05, 0) is 18.2 Å². The summed E-state index contributed by atoms with van der Waals surface area (Å²) in [7, 11) is 0. The number of aromatic carboxylic acids is 1. The Bertz CT molecular complexity index is 507. The van der Waals surface area contributed by atoms with E-state index in [-0.39, 0.29) is 5.56 Å². The molecule has 0 saturated heterocycles. The van der Waals surface area contributed by atoms with Crippen LogP contribution < -0.4 is 16.8 Å². The summed E-state index contributed by atoms with van der Waals surface area (Å²) in [5.41, 5.74) is 12.4. The van der Waals surface area contributed by atoms with Gasteiger partial charge < -0.3 is 16.2 Å². The molecule has 1 aromatic rings.